The molecule has 1 heterocycles. The summed E-state index contributed by atoms with van der Waals surface area (Å²) in [4.78, 5) is 0. The molecule has 0 aromatic carbocycles. The maximum absolute atomic E-state index is 4.89. The third kappa shape index (κ3) is 1.17. The molecule has 0 aromatic rings. The molecule has 3 heteroatoms. The summed E-state index contributed by atoms with van der Waals surface area (Å²) >= 11 is 1.43. The molecule has 0 saturated carbocycles. The van der Waals surface area contributed by atoms with Gasteiger partial charge in [0.15, 0.2) is 0 Å². The van der Waals surface area contributed by atoms with Gasteiger partial charge in [-0.3, -0.25) is 0 Å². The Bertz CT molecular complexity index is 83.8. The largest absolute Gasteiger partial charge is 0.374 e. The first kappa shape index (κ1) is 5.12. The summed E-state index contributed by atoms with van der Waals surface area (Å²) in [6.07, 6.45) is 1.91. The van der Waals surface area contributed by atoms with Crippen molar-refractivity contribution >= 4 is 18.2 Å². The lowest BCUT2D eigenvalue weighted by molar-refractivity contribution is 0.191. The Balaban J connectivity index is 2.28. The molecule has 2 nitrogen and oxygen atoms in total. The molecule has 0 fully saturated rings. The Morgan fingerprint density at radius 1 is 1.86 bits per heavy atom. The molecule has 0 aromatic heterocycles. The van der Waals surface area contributed by atoms with E-state index < -0.39 is 0 Å². The van der Waals surface area contributed by atoms with Crippen LogP contribution in [-0.2, 0) is 4.74 Å². The molecule has 1 unspecified atom stereocenters. The molecule has 0 N–H and O–H groups in total. The summed E-state index contributed by atoms with van der Waals surface area (Å²) in [5, 5.41) is 0. The molecular formula is C4H6NOS. The highest BCUT2D eigenvalue weighted by Crippen LogP contribution is 2.17. The van der Waals surface area contributed by atoms with E-state index in [1.807, 2.05) is 5.75 Å². The van der Waals surface area contributed by atoms with Crippen molar-refractivity contribution in [2.75, 3.05) is 7.11 Å². The highest BCUT2D eigenvalue weighted by molar-refractivity contribution is 8.00. The van der Waals surface area contributed by atoms with Crippen LogP contribution >= 0.6 is 11.9 Å². The zero-order chi connectivity index (χ0) is 5.11. The SMILES string of the molecule is COC1[CH]SN=C1. The van der Waals surface area contributed by atoms with Crippen LogP contribution in [0.25, 0.3) is 0 Å². The molecule has 0 saturated heterocycles. The highest BCUT2D eigenvalue weighted by atomic mass is 32.2. The van der Waals surface area contributed by atoms with Crippen molar-refractivity contribution in [3.63, 3.8) is 0 Å². The van der Waals surface area contributed by atoms with Gasteiger partial charge < -0.3 is 4.74 Å². The number of hydrogen-bond acceptors (Lipinski definition) is 3. The smallest absolute Gasteiger partial charge is 0.108 e. The van der Waals surface area contributed by atoms with E-state index in [0.717, 1.165) is 0 Å². The Hall–Kier alpha value is -0.0200. The van der Waals surface area contributed by atoms with E-state index in [1.165, 1.54) is 11.9 Å². The fourth-order valence-electron chi connectivity index (χ4n) is 0.342. The first-order chi connectivity index (χ1) is 3.43. The quantitative estimate of drug-likeness (QED) is 0.475. The van der Waals surface area contributed by atoms with E-state index in [1.54, 1.807) is 13.3 Å². The predicted octanol–water partition coefficient (Wildman–Crippen LogP) is 0.896. The van der Waals surface area contributed by atoms with Gasteiger partial charge in [0.2, 0.25) is 0 Å². The van der Waals surface area contributed by atoms with Crippen molar-refractivity contribution in [1.29, 1.82) is 0 Å². The van der Waals surface area contributed by atoms with Crippen molar-refractivity contribution in [2.24, 2.45) is 4.40 Å². The molecule has 7 heavy (non-hydrogen) atoms. The third-order valence-corrected chi connectivity index (χ3v) is 1.37. The lowest BCUT2D eigenvalue weighted by Gasteiger charge is -1.96. The lowest BCUT2D eigenvalue weighted by Crippen LogP contribution is -2.05. The topological polar surface area (TPSA) is 21.6 Å². The molecule has 1 aliphatic rings. The molecule has 1 atom stereocenters. The van der Waals surface area contributed by atoms with E-state index in [0.29, 0.717) is 0 Å². The van der Waals surface area contributed by atoms with Gasteiger partial charge in [-0.05, 0) is 11.9 Å². The van der Waals surface area contributed by atoms with Gasteiger partial charge in [-0.15, -0.1) is 0 Å². The third-order valence-electron chi connectivity index (χ3n) is 0.736. The minimum atomic E-state index is 0.144. The van der Waals surface area contributed by atoms with E-state index in [4.69, 9.17) is 4.74 Å². The Kier molecular flexibility index (Phi) is 1.70. The van der Waals surface area contributed by atoms with E-state index >= 15 is 0 Å². The lowest BCUT2D eigenvalue weighted by atomic mass is 10.5. The molecule has 1 aliphatic heterocycles. The Morgan fingerprint density at radius 3 is 3.00 bits per heavy atom. The molecule has 0 spiro atoms. The van der Waals surface area contributed by atoms with Crippen LogP contribution in [0.4, 0.5) is 0 Å². The van der Waals surface area contributed by atoms with Crippen LogP contribution < -0.4 is 0 Å². The predicted molar refractivity (Wildman–Crippen MR) is 31.2 cm³/mol. The van der Waals surface area contributed by atoms with Gasteiger partial charge >= 0.3 is 0 Å². The second-order valence-corrected chi connectivity index (χ2v) is 1.89. The van der Waals surface area contributed by atoms with Gasteiger partial charge in [0.05, 0.1) is 5.75 Å². The van der Waals surface area contributed by atoms with Crippen molar-refractivity contribution < 1.29 is 4.74 Å². The summed E-state index contributed by atoms with van der Waals surface area (Å²) in [6.45, 7) is 0. The van der Waals surface area contributed by atoms with Crippen LogP contribution in [0.5, 0.6) is 0 Å². The van der Waals surface area contributed by atoms with Gasteiger partial charge in [0, 0.05) is 13.3 Å². The van der Waals surface area contributed by atoms with Gasteiger partial charge in [0.25, 0.3) is 0 Å². The van der Waals surface area contributed by atoms with Crippen LogP contribution in [0.1, 0.15) is 0 Å². The van der Waals surface area contributed by atoms with Crippen LogP contribution in [-0.4, -0.2) is 19.4 Å². The van der Waals surface area contributed by atoms with Crippen LogP contribution in [0, 0.1) is 5.75 Å². The number of nitrogens with zero attached hydrogens (tertiary/aromatic N) is 1. The van der Waals surface area contributed by atoms with Gasteiger partial charge in [-0.25, -0.2) is 4.40 Å². The number of hydrogen-bond donors (Lipinski definition) is 0. The second kappa shape index (κ2) is 2.33. The second-order valence-electron chi connectivity index (χ2n) is 1.20. The normalized spacial score (nSPS) is 29.0. The van der Waals surface area contributed by atoms with Gasteiger partial charge in [-0.1, -0.05) is 0 Å². The van der Waals surface area contributed by atoms with E-state index in [-0.39, 0.29) is 6.10 Å². The summed E-state index contributed by atoms with van der Waals surface area (Å²) in [5.41, 5.74) is 0. The Labute approximate surface area is 47.1 Å². The molecular weight excluding hydrogens is 110 g/mol. The van der Waals surface area contributed by atoms with Crippen molar-refractivity contribution in [3.05, 3.63) is 5.75 Å². The summed E-state index contributed by atoms with van der Waals surface area (Å²) in [6, 6.07) is 0. The Morgan fingerprint density at radius 2 is 2.71 bits per heavy atom. The average Bonchev–Trinajstić information content (AvgIpc) is 2.14. The molecule has 0 aliphatic carbocycles. The van der Waals surface area contributed by atoms with Crippen molar-refractivity contribution in [2.45, 2.75) is 6.10 Å². The molecule has 1 radical (unpaired) electrons. The monoisotopic (exact) mass is 116 g/mol. The highest BCUT2D eigenvalue weighted by Gasteiger charge is 2.08. The average molecular weight is 116 g/mol. The molecule has 1 rings (SSSR count). The maximum Gasteiger partial charge on any atom is 0.108 e. The van der Waals surface area contributed by atoms with Crippen LogP contribution in [0.15, 0.2) is 4.40 Å². The van der Waals surface area contributed by atoms with Gasteiger partial charge in [0.1, 0.15) is 6.10 Å². The maximum atomic E-state index is 4.89. The summed E-state index contributed by atoms with van der Waals surface area (Å²) in [7, 11) is 1.67. The standard InChI is InChI=1S/C4H6NOS/c1-6-4-2-5-7-3-4/h2-4H,1H3. The van der Waals surface area contributed by atoms with Crippen molar-refractivity contribution in [1.82, 2.24) is 0 Å². The van der Waals surface area contributed by atoms with Gasteiger partial charge in [-0.2, -0.15) is 0 Å². The minimum Gasteiger partial charge on any atom is -0.374 e. The molecule has 0 bridgehead atoms. The number of ether oxygens (including phenoxy) is 1. The fraction of sp³-hybridized carbons (Fsp3) is 0.500. The van der Waals surface area contributed by atoms with Crippen LogP contribution in [0.2, 0.25) is 0 Å². The fourth-order valence-corrected chi connectivity index (χ4v) is 0.904. The number of rotatable bonds is 1. The zero-order valence-corrected chi connectivity index (χ0v) is 4.81. The molecule has 0 amide bonds. The molecule has 39 valence electrons. The first-order valence-corrected chi connectivity index (χ1v) is 2.82. The zero-order valence-electron chi connectivity index (χ0n) is 4.00. The van der Waals surface area contributed by atoms with Crippen molar-refractivity contribution in [3.8, 4) is 0 Å². The number of methoxy groups -OCH3 is 1. The summed E-state index contributed by atoms with van der Waals surface area (Å²) in [5.74, 6) is 1.93. The minimum absolute atomic E-state index is 0.144. The van der Waals surface area contributed by atoms with E-state index in [2.05, 4.69) is 4.40 Å². The van der Waals surface area contributed by atoms with Crippen LogP contribution in [0.3, 0.4) is 0 Å². The summed E-state index contributed by atoms with van der Waals surface area (Å²) < 4.78 is 8.73. The first-order valence-electron chi connectivity index (χ1n) is 1.99. The van der Waals surface area contributed by atoms with E-state index in [9.17, 15) is 0 Å².